The number of rotatable bonds is 4. The average Bonchev–Trinajstić information content (AvgIpc) is 3.16. The van der Waals surface area contributed by atoms with Gasteiger partial charge in [-0.2, -0.15) is 10.2 Å². The minimum Gasteiger partial charge on any atom is -0.399 e. The number of fused-ring (bicyclic) bond motifs is 1. The third kappa shape index (κ3) is 4.77. The van der Waals surface area contributed by atoms with Crippen molar-refractivity contribution < 1.29 is 0 Å². The first-order valence-corrected chi connectivity index (χ1v) is 8.79. The molecular formula is C19H22Cl2N8. The Labute approximate surface area is 181 Å². The quantitative estimate of drug-likeness (QED) is 0.538. The third-order valence-corrected chi connectivity index (χ3v) is 4.67. The molecule has 1 saturated heterocycles. The summed E-state index contributed by atoms with van der Waals surface area (Å²) >= 11 is 0. The van der Waals surface area contributed by atoms with E-state index in [1.165, 1.54) is 0 Å². The van der Waals surface area contributed by atoms with Crippen molar-refractivity contribution in [3.8, 4) is 6.07 Å². The summed E-state index contributed by atoms with van der Waals surface area (Å²) in [5.41, 5.74) is 9.10. The van der Waals surface area contributed by atoms with Crippen molar-refractivity contribution in [2.75, 3.05) is 36.1 Å². The fraction of sp³-hybridized carbons (Fsp3) is 0.263. The van der Waals surface area contributed by atoms with E-state index < -0.39 is 0 Å². The molecule has 2 aromatic heterocycles. The van der Waals surface area contributed by atoms with Crippen molar-refractivity contribution in [2.45, 2.75) is 12.5 Å². The van der Waals surface area contributed by atoms with Gasteiger partial charge in [0.2, 0.25) is 5.95 Å². The minimum atomic E-state index is 0. The predicted molar refractivity (Wildman–Crippen MR) is 120 cm³/mol. The molecule has 8 nitrogen and oxygen atoms in total. The van der Waals surface area contributed by atoms with Crippen molar-refractivity contribution in [3.63, 3.8) is 0 Å². The fourth-order valence-corrected chi connectivity index (χ4v) is 3.33. The molecule has 1 atom stereocenters. The first-order valence-electron chi connectivity index (χ1n) is 8.79. The number of nitriles is 1. The Hall–Kier alpha value is -2.86. The number of halogens is 2. The number of nitrogen functional groups attached to an aromatic ring is 1. The van der Waals surface area contributed by atoms with E-state index in [2.05, 4.69) is 31.6 Å². The van der Waals surface area contributed by atoms with Crippen molar-refractivity contribution in [1.82, 2.24) is 20.3 Å². The molecule has 0 radical (unpaired) electrons. The first kappa shape index (κ1) is 22.4. The number of hydrogen-bond acceptors (Lipinski definition) is 8. The van der Waals surface area contributed by atoms with Crippen LogP contribution in [0.5, 0.6) is 0 Å². The summed E-state index contributed by atoms with van der Waals surface area (Å²) in [6, 6.07) is 11.4. The second-order valence-corrected chi connectivity index (χ2v) is 6.54. The number of anilines is 4. The lowest BCUT2D eigenvalue weighted by Crippen LogP contribution is -2.30. The largest absolute Gasteiger partial charge is 0.399 e. The highest BCUT2D eigenvalue weighted by Gasteiger charge is 2.25. The lowest BCUT2D eigenvalue weighted by molar-refractivity contribution is 0.616. The molecule has 4 N–H and O–H groups in total. The van der Waals surface area contributed by atoms with Crippen LogP contribution in [0.15, 0.2) is 36.5 Å². The highest BCUT2D eigenvalue weighted by atomic mass is 35.5. The summed E-state index contributed by atoms with van der Waals surface area (Å²) in [6.07, 6.45) is 2.81. The summed E-state index contributed by atoms with van der Waals surface area (Å²) in [5, 5.41) is 15.6. The van der Waals surface area contributed by atoms with Gasteiger partial charge in [0.05, 0.1) is 17.1 Å². The molecule has 1 aliphatic heterocycles. The van der Waals surface area contributed by atoms with Crippen molar-refractivity contribution in [2.24, 2.45) is 0 Å². The van der Waals surface area contributed by atoms with Crippen LogP contribution in [0.3, 0.4) is 0 Å². The lowest BCUT2D eigenvalue weighted by Gasteiger charge is -2.19. The molecule has 29 heavy (non-hydrogen) atoms. The first-order chi connectivity index (χ1) is 13.2. The summed E-state index contributed by atoms with van der Waals surface area (Å²) < 4.78 is 0. The monoisotopic (exact) mass is 432 g/mol. The van der Waals surface area contributed by atoms with Crippen molar-refractivity contribution >= 4 is 59.0 Å². The van der Waals surface area contributed by atoms with Crippen LogP contribution in [-0.2, 0) is 0 Å². The van der Waals surface area contributed by atoms with Gasteiger partial charge in [-0.3, -0.25) is 4.98 Å². The van der Waals surface area contributed by atoms with Gasteiger partial charge in [0.1, 0.15) is 5.52 Å². The van der Waals surface area contributed by atoms with E-state index in [-0.39, 0.29) is 24.8 Å². The van der Waals surface area contributed by atoms with Crippen LogP contribution in [0.4, 0.5) is 23.1 Å². The molecule has 1 aromatic carbocycles. The van der Waals surface area contributed by atoms with E-state index in [9.17, 15) is 0 Å². The molecule has 0 amide bonds. The van der Waals surface area contributed by atoms with Gasteiger partial charge < -0.3 is 21.3 Å². The van der Waals surface area contributed by atoms with Crippen LogP contribution in [0, 0.1) is 11.3 Å². The molecule has 0 bridgehead atoms. The van der Waals surface area contributed by atoms with Crippen LogP contribution >= 0.6 is 24.8 Å². The van der Waals surface area contributed by atoms with E-state index in [4.69, 9.17) is 16.0 Å². The number of nitrogens with one attached hydrogen (secondary N) is 2. The molecule has 152 valence electrons. The predicted octanol–water partition coefficient (Wildman–Crippen LogP) is 2.86. The number of benzene rings is 1. The molecule has 3 aromatic rings. The van der Waals surface area contributed by atoms with Crippen LogP contribution in [0.25, 0.3) is 11.0 Å². The zero-order valence-corrected chi connectivity index (χ0v) is 17.4. The Bertz CT molecular complexity index is 1040. The zero-order valence-electron chi connectivity index (χ0n) is 15.8. The number of nitrogens with zero attached hydrogens (tertiary/aromatic N) is 5. The van der Waals surface area contributed by atoms with Crippen LogP contribution in [-0.4, -0.2) is 41.1 Å². The van der Waals surface area contributed by atoms with E-state index in [0.29, 0.717) is 28.9 Å². The molecule has 3 heterocycles. The molecular weight excluding hydrogens is 411 g/mol. The van der Waals surface area contributed by atoms with Gasteiger partial charge in [-0.05, 0) is 43.8 Å². The summed E-state index contributed by atoms with van der Waals surface area (Å²) in [7, 11) is 1.98. The lowest BCUT2D eigenvalue weighted by atomic mass is 10.2. The maximum atomic E-state index is 9.14. The molecule has 4 rings (SSSR count). The van der Waals surface area contributed by atoms with Crippen LogP contribution in [0.1, 0.15) is 12.0 Å². The third-order valence-electron chi connectivity index (χ3n) is 4.67. The van der Waals surface area contributed by atoms with Gasteiger partial charge in [-0.15, -0.1) is 24.8 Å². The molecule has 1 aliphatic rings. The van der Waals surface area contributed by atoms with E-state index in [1.807, 2.05) is 19.2 Å². The maximum absolute atomic E-state index is 9.14. The summed E-state index contributed by atoms with van der Waals surface area (Å²) in [6.45, 7) is 1.78. The van der Waals surface area contributed by atoms with Crippen molar-refractivity contribution in [1.29, 1.82) is 5.26 Å². The molecule has 10 heteroatoms. The van der Waals surface area contributed by atoms with Gasteiger partial charge in [0.15, 0.2) is 5.82 Å². The Morgan fingerprint density at radius 3 is 2.79 bits per heavy atom. The summed E-state index contributed by atoms with van der Waals surface area (Å²) in [5.74, 6) is 1.26. The van der Waals surface area contributed by atoms with Gasteiger partial charge in [0.25, 0.3) is 0 Å². The Balaban J connectivity index is 0.00000150. The second-order valence-electron chi connectivity index (χ2n) is 6.54. The fourth-order valence-electron chi connectivity index (χ4n) is 3.33. The number of pyridine rings is 1. The number of hydrogen-bond donors (Lipinski definition) is 3. The minimum absolute atomic E-state index is 0. The smallest absolute Gasteiger partial charge is 0.229 e. The second kappa shape index (κ2) is 9.56. The molecule has 1 fully saturated rings. The molecule has 0 spiro atoms. The Kier molecular flexibility index (Phi) is 7.40. The van der Waals surface area contributed by atoms with Gasteiger partial charge in [-0.25, -0.2) is 4.98 Å². The van der Waals surface area contributed by atoms with Crippen LogP contribution < -0.4 is 21.3 Å². The zero-order chi connectivity index (χ0) is 18.8. The van der Waals surface area contributed by atoms with E-state index >= 15 is 0 Å². The topological polar surface area (TPSA) is 116 Å². The molecule has 0 saturated carbocycles. The Morgan fingerprint density at radius 1 is 1.24 bits per heavy atom. The normalized spacial score (nSPS) is 15.3. The molecule has 1 unspecified atom stereocenters. The van der Waals surface area contributed by atoms with Gasteiger partial charge >= 0.3 is 0 Å². The van der Waals surface area contributed by atoms with Crippen LogP contribution in [0.2, 0.25) is 0 Å². The SMILES string of the molecule is CNC1CCN(c2nc(Nc3cc(N)cc(C#N)c3)nc3cccnc23)C1.Cl.Cl. The van der Waals surface area contributed by atoms with Gasteiger partial charge in [0, 0.05) is 36.7 Å². The molecule has 0 aliphatic carbocycles. The number of aromatic nitrogens is 3. The highest BCUT2D eigenvalue weighted by Crippen LogP contribution is 2.28. The van der Waals surface area contributed by atoms with Crippen molar-refractivity contribution in [3.05, 3.63) is 42.1 Å². The summed E-state index contributed by atoms with van der Waals surface area (Å²) in [4.78, 5) is 16.0. The maximum Gasteiger partial charge on any atom is 0.229 e. The highest BCUT2D eigenvalue weighted by molar-refractivity contribution is 5.87. The van der Waals surface area contributed by atoms with E-state index in [0.717, 1.165) is 36.4 Å². The number of nitrogens with two attached hydrogens (primary N) is 1. The van der Waals surface area contributed by atoms with Gasteiger partial charge in [-0.1, -0.05) is 0 Å². The van der Waals surface area contributed by atoms with E-state index in [1.54, 1.807) is 24.4 Å². The standard InChI is InChI=1S/C19H20N8.2ClH/c1-22-14-4-6-27(11-14)18-17-16(3-2-5-23-17)25-19(26-18)24-15-8-12(10-20)7-13(21)9-15;;/h2-3,5,7-9,14,22H,4,6,11,21H2,1H3,(H,24,25,26);2*1H. The Morgan fingerprint density at radius 2 is 2.07 bits per heavy atom. The average molecular weight is 433 g/mol. The number of likely N-dealkylation sites (N-methyl/N-ethyl adjacent to an activating group) is 1.